The zero-order chi connectivity index (χ0) is 15.8. The van der Waals surface area contributed by atoms with Gasteiger partial charge in [-0.3, -0.25) is 4.79 Å². The van der Waals surface area contributed by atoms with Gasteiger partial charge in [0.25, 0.3) is 5.91 Å². The maximum atomic E-state index is 12.7. The molecule has 0 aromatic heterocycles. The van der Waals surface area contributed by atoms with Gasteiger partial charge < -0.3 is 14.5 Å². The number of rotatable bonds is 3. The fraction of sp³-hybridized carbons (Fsp3) is 0.632. The lowest BCUT2D eigenvalue weighted by atomic mass is 9.93. The average molecular weight is 315 g/mol. The zero-order valence-electron chi connectivity index (χ0n) is 14.0. The highest BCUT2D eigenvalue weighted by atomic mass is 16.5. The molecule has 4 rings (SSSR count). The molecule has 23 heavy (non-hydrogen) atoms. The second-order valence-electron chi connectivity index (χ2n) is 7.46. The highest BCUT2D eigenvalue weighted by Gasteiger charge is 2.45. The zero-order valence-corrected chi connectivity index (χ0v) is 14.0. The Morgan fingerprint density at radius 1 is 1.22 bits per heavy atom. The van der Waals surface area contributed by atoms with Crippen LogP contribution in [0.3, 0.4) is 0 Å². The molecule has 1 amide bonds. The molecular weight excluding hydrogens is 288 g/mol. The Morgan fingerprint density at radius 3 is 2.70 bits per heavy atom. The second kappa shape index (κ2) is 6.16. The lowest BCUT2D eigenvalue weighted by Gasteiger charge is -2.38. The number of piperazine rings is 1. The van der Waals surface area contributed by atoms with Crippen molar-refractivity contribution in [1.82, 2.24) is 4.90 Å². The van der Waals surface area contributed by atoms with Crippen LogP contribution in [0, 0.1) is 11.8 Å². The molecule has 1 aromatic rings. The van der Waals surface area contributed by atoms with Crippen molar-refractivity contribution in [3.05, 3.63) is 29.8 Å². The molecule has 4 heteroatoms. The summed E-state index contributed by atoms with van der Waals surface area (Å²) in [6.45, 7) is 4.01. The van der Waals surface area contributed by atoms with Crippen LogP contribution in [0.5, 0.6) is 5.75 Å². The first kappa shape index (κ1) is 15.0. The van der Waals surface area contributed by atoms with Crippen molar-refractivity contribution in [2.24, 2.45) is 11.8 Å². The first-order valence-electron chi connectivity index (χ1n) is 9.02. The van der Waals surface area contributed by atoms with Gasteiger partial charge in [-0.1, -0.05) is 6.07 Å². The van der Waals surface area contributed by atoms with Gasteiger partial charge in [0.2, 0.25) is 0 Å². The van der Waals surface area contributed by atoms with Crippen molar-refractivity contribution in [2.75, 3.05) is 33.3 Å². The Bertz CT molecular complexity index is 580. The maximum Gasteiger partial charge on any atom is 0.254 e. The number of hydrogen-bond acceptors (Lipinski definition) is 2. The Labute approximate surface area is 138 Å². The molecule has 1 N–H and O–H groups in total. The summed E-state index contributed by atoms with van der Waals surface area (Å²) in [4.78, 5) is 16.5. The summed E-state index contributed by atoms with van der Waals surface area (Å²) in [6.07, 6.45) is 5.82. The first-order valence-corrected chi connectivity index (χ1v) is 9.02. The molecular formula is C19H27N2O2+. The van der Waals surface area contributed by atoms with E-state index in [-0.39, 0.29) is 5.91 Å². The predicted molar refractivity (Wildman–Crippen MR) is 88.8 cm³/mol. The van der Waals surface area contributed by atoms with Crippen molar-refractivity contribution in [3.63, 3.8) is 0 Å². The normalized spacial score (nSPS) is 30.7. The van der Waals surface area contributed by atoms with Crippen LogP contribution in [-0.2, 0) is 0 Å². The SMILES string of the molecule is COc1cccc(C(=O)N2CC[NH+]([C@@H]3C[C@H]4CC[C@@H]3C4)CC2)c1. The van der Waals surface area contributed by atoms with E-state index in [1.807, 2.05) is 29.2 Å². The van der Waals surface area contributed by atoms with Gasteiger partial charge in [0.1, 0.15) is 5.75 Å². The van der Waals surface area contributed by atoms with Crippen molar-refractivity contribution < 1.29 is 14.4 Å². The van der Waals surface area contributed by atoms with Crippen LogP contribution in [0.1, 0.15) is 36.0 Å². The lowest BCUT2D eigenvalue weighted by molar-refractivity contribution is -0.932. The smallest absolute Gasteiger partial charge is 0.254 e. The summed E-state index contributed by atoms with van der Waals surface area (Å²) >= 11 is 0. The molecule has 3 aliphatic rings. The standard InChI is InChI=1S/C19H26N2O2/c1-23-17-4-2-3-16(13-17)19(22)21-9-7-20(8-10-21)18-12-14-5-6-15(18)11-14/h2-4,13-15,18H,5-12H2,1H3/p+1/t14-,15+,18+/m0/s1. The molecule has 2 bridgehead atoms. The summed E-state index contributed by atoms with van der Waals surface area (Å²) in [5.41, 5.74) is 0.743. The van der Waals surface area contributed by atoms with Gasteiger partial charge in [-0.05, 0) is 43.4 Å². The van der Waals surface area contributed by atoms with Crippen molar-refractivity contribution in [2.45, 2.75) is 31.7 Å². The molecule has 4 nitrogen and oxygen atoms in total. The number of carbonyl (C=O) groups is 1. The Kier molecular flexibility index (Phi) is 4.02. The van der Waals surface area contributed by atoms with E-state index in [0.29, 0.717) is 0 Å². The summed E-state index contributed by atoms with van der Waals surface area (Å²) < 4.78 is 5.23. The molecule has 3 atom stereocenters. The molecule has 0 unspecified atom stereocenters. The number of nitrogens with zero attached hydrogens (tertiary/aromatic N) is 1. The van der Waals surface area contributed by atoms with E-state index in [4.69, 9.17) is 4.74 Å². The van der Waals surface area contributed by atoms with Gasteiger partial charge in [-0.15, -0.1) is 0 Å². The largest absolute Gasteiger partial charge is 0.497 e. The van der Waals surface area contributed by atoms with E-state index in [2.05, 4.69) is 0 Å². The van der Waals surface area contributed by atoms with Crippen LogP contribution in [0.4, 0.5) is 0 Å². The minimum atomic E-state index is 0.149. The molecule has 0 radical (unpaired) electrons. The number of ether oxygens (including phenoxy) is 1. The van der Waals surface area contributed by atoms with Gasteiger partial charge in [-0.25, -0.2) is 0 Å². The van der Waals surface area contributed by atoms with Gasteiger partial charge in [-0.2, -0.15) is 0 Å². The topological polar surface area (TPSA) is 34.0 Å². The van der Waals surface area contributed by atoms with E-state index in [1.54, 1.807) is 12.0 Å². The molecule has 2 aliphatic carbocycles. The fourth-order valence-corrected chi connectivity index (χ4v) is 5.05. The van der Waals surface area contributed by atoms with Crippen LogP contribution in [0.15, 0.2) is 24.3 Å². The van der Waals surface area contributed by atoms with E-state index < -0.39 is 0 Å². The lowest BCUT2D eigenvalue weighted by Crippen LogP contribution is -3.18. The molecule has 1 aliphatic heterocycles. The third-order valence-corrected chi connectivity index (χ3v) is 6.27. The molecule has 1 aromatic carbocycles. The molecule has 1 saturated heterocycles. The average Bonchev–Trinajstić information content (AvgIpc) is 3.24. The number of benzene rings is 1. The number of nitrogens with one attached hydrogen (secondary N) is 1. The van der Waals surface area contributed by atoms with E-state index >= 15 is 0 Å². The van der Waals surface area contributed by atoms with Gasteiger partial charge in [0.15, 0.2) is 0 Å². The van der Waals surface area contributed by atoms with Crippen molar-refractivity contribution >= 4 is 5.91 Å². The van der Waals surface area contributed by atoms with Crippen LogP contribution >= 0.6 is 0 Å². The maximum absolute atomic E-state index is 12.7. The second-order valence-corrected chi connectivity index (χ2v) is 7.46. The summed E-state index contributed by atoms with van der Waals surface area (Å²) in [6, 6.07) is 8.39. The summed E-state index contributed by atoms with van der Waals surface area (Å²) in [7, 11) is 1.64. The Hall–Kier alpha value is -1.55. The first-order chi connectivity index (χ1) is 11.2. The molecule has 124 valence electrons. The monoisotopic (exact) mass is 315 g/mol. The van der Waals surface area contributed by atoms with Crippen LogP contribution in [0.25, 0.3) is 0 Å². The van der Waals surface area contributed by atoms with Crippen LogP contribution in [-0.4, -0.2) is 50.1 Å². The predicted octanol–water partition coefficient (Wildman–Crippen LogP) is 1.22. The molecule has 3 fully saturated rings. The molecule has 1 heterocycles. The molecule has 2 saturated carbocycles. The van der Waals surface area contributed by atoms with E-state index in [0.717, 1.165) is 55.4 Å². The molecule has 0 spiro atoms. The number of methoxy groups -OCH3 is 1. The van der Waals surface area contributed by atoms with Gasteiger partial charge in [0, 0.05) is 17.9 Å². The number of fused-ring (bicyclic) bond motifs is 2. The highest BCUT2D eigenvalue weighted by molar-refractivity contribution is 5.94. The number of quaternary nitrogens is 1. The van der Waals surface area contributed by atoms with E-state index in [9.17, 15) is 4.79 Å². The van der Waals surface area contributed by atoms with Gasteiger partial charge in [0.05, 0.1) is 39.3 Å². The third-order valence-electron chi connectivity index (χ3n) is 6.27. The minimum absolute atomic E-state index is 0.149. The summed E-state index contributed by atoms with van der Waals surface area (Å²) in [5.74, 6) is 2.88. The quantitative estimate of drug-likeness (QED) is 0.910. The van der Waals surface area contributed by atoms with E-state index in [1.165, 1.54) is 25.7 Å². The van der Waals surface area contributed by atoms with Crippen molar-refractivity contribution in [1.29, 1.82) is 0 Å². The minimum Gasteiger partial charge on any atom is -0.497 e. The fourth-order valence-electron chi connectivity index (χ4n) is 5.05. The Morgan fingerprint density at radius 2 is 2.04 bits per heavy atom. The van der Waals surface area contributed by atoms with Crippen molar-refractivity contribution in [3.8, 4) is 5.75 Å². The Balaban J connectivity index is 1.36. The van der Waals surface area contributed by atoms with Crippen LogP contribution < -0.4 is 9.64 Å². The third kappa shape index (κ3) is 2.85. The number of carbonyl (C=O) groups excluding carboxylic acids is 1. The number of hydrogen-bond donors (Lipinski definition) is 1. The number of amides is 1. The van der Waals surface area contributed by atoms with Crippen LogP contribution in [0.2, 0.25) is 0 Å². The summed E-state index contributed by atoms with van der Waals surface area (Å²) in [5, 5.41) is 0. The highest BCUT2D eigenvalue weighted by Crippen LogP contribution is 2.43. The van der Waals surface area contributed by atoms with Gasteiger partial charge >= 0.3 is 0 Å².